The molecule has 0 amide bonds. The van der Waals surface area contributed by atoms with Crippen molar-refractivity contribution in [1.29, 1.82) is 0 Å². The number of nitrogens with zero attached hydrogens (tertiary/aromatic N) is 3. The van der Waals surface area contributed by atoms with E-state index in [4.69, 9.17) is 0 Å². The van der Waals surface area contributed by atoms with Crippen molar-refractivity contribution in [3.05, 3.63) is 88.9 Å². The first-order valence-corrected chi connectivity index (χ1v) is 22.1. The average Bonchev–Trinajstić information content (AvgIpc) is 3.74. The van der Waals surface area contributed by atoms with Gasteiger partial charge in [0.2, 0.25) is 0 Å². The zero-order valence-electron chi connectivity index (χ0n) is 32.1. The lowest BCUT2D eigenvalue weighted by molar-refractivity contribution is 0.483. The summed E-state index contributed by atoms with van der Waals surface area (Å²) in [5.41, 5.74) is 4.99. The van der Waals surface area contributed by atoms with Crippen LogP contribution in [0.1, 0.15) is 116 Å². The quantitative estimate of drug-likeness (QED) is 0.0446. The highest BCUT2D eigenvalue weighted by atomic mass is 32.2. The third-order valence-electron chi connectivity index (χ3n) is 9.97. The van der Waals surface area contributed by atoms with Gasteiger partial charge in [-0.25, -0.2) is 9.67 Å². The Balaban J connectivity index is 1.24. The molecule has 3 aromatic carbocycles. The smallest absolute Gasteiger partial charge is 0.295 e. The molecule has 9 nitrogen and oxygen atoms in total. The number of hydrogen-bond donors (Lipinski definition) is 3. The SMILES string of the molecule is CCCCCCCCCCCCCCCC=Cc1[nH]n(-c2ccc(-c3nc4cc(S(=O)(=O)O)ccc4s3)cc2)c(=O)c1Nc1ccc(N(CC)CC)cc1. The number of aromatic amines is 1. The Kier molecular flexibility index (Phi) is 15.5. The minimum atomic E-state index is -4.32. The van der Waals surface area contributed by atoms with Crippen molar-refractivity contribution in [3.63, 3.8) is 0 Å². The first-order chi connectivity index (χ1) is 26.2. The Morgan fingerprint density at radius 1 is 0.815 bits per heavy atom. The van der Waals surface area contributed by atoms with E-state index in [9.17, 15) is 17.8 Å². The lowest BCUT2D eigenvalue weighted by Gasteiger charge is -2.21. The minimum absolute atomic E-state index is 0.186. The molecule has 290 valence electrons. The van der Waals surface area contributed by atoms with Gasteiger partial charge in [0.1, 0.15) is 10.7 Å². The number of allylic oxidation sites excluding steroid dienone is 1. The normalized spacial score (nSPS) is 11.9. The standard InChI is InChI=1S/C43H57N5O4S2/c1-4-7-8-9-10-11-12-13-14-15-16-17-18-19-20-21-38-41(44-34-24-28-35(29-25-34)47(5-2)6-3)43(49)48(46-38)36-26-22-33(23-27-36)42-45-39-32-37(54(50,51)52)30-31-40(39)53-42/h20-32,44,46H,4-19H2,1-3H3,(H,50,51,52). The van der Waals surface area contributed by atoms with E-state index in [0.29, 0.717) is 27.6 Å². The van der Waals surface area contributed by atoms with E-state index >= 15 is 0 Å². The van der Waals surface area contributed by atoms with Crippen LogP contribution in [-0.2, 0) is 10.1 Å². The summed E-state index contributed by atoms with van der Waals surface area (Å²) in [6.45, 7) is 8.40. The van der Waals surface area contributed by atoms with Crippen molar-refractivity contribution in [2.45, 2.75) is 116 Å². The predicted octanol–water partition coefficient (Wildman–Crippen LogP) is 11.8. The number of rotatable bonds is 23. The summed E-state index contributed by atoms with van der Waals surface area (Å²) < 4.78 is 35.0. The molecule has 0 saturated carbocycles. The number of benzene rings is 3. The van der Waals surface area contributed by atoms with Crippen molar-refractivity contribution in [1.82, 2.24) is 14.8 Å². The number of hydrogen-bond acceptors (Lipinski definition) is 7. The molecule has 54 heavy (non-hydrogen) atoms. The Bertz CT molecular complexity index is 2090. The third-order valence-corrected chi connectivity index (χ3v) is 11.9. The van der Waals surface area contributed by atoms with Gasteiger partial charge in [0, 0.05) is 30.0 Å². The van der Waals surface area contributed by atoms with Crippen molar-refractivity contribution in [2.24, 2.45) is 0 Å². The Labute approximate surface area is 325 Å². The van der Waals surface area contributed by atoms with Gasteiger partial charge in [0.05, 0.1) is 26.5 Å². The van der Waals surface area contributed by atoms with E-state index < -0.39 is 10.1 Å². The van der Waals surface area contributed by atoms with Gasteiger partial charge in [-0.2, -0.15) is 8.42 Å². The Morgan fingerprint density at radius 2 is 1.43 bits per heavy atom. The lowest BCUT2D eigenvalue weighted by atomic mass is 10.0. The number of nitrogens with one attached hydrogen (secondary N) is 2. The zero-order valence-corrected chi connectivity index (χ0v) is 33.8. The average molecular weight is 772 g/mol. The summed E-state index contributed by atoms with van der Waals surface area (Å²) in [6, 6.07) is 20.1. The molecule has 0 aliphatic heterocycles. The molecule has 0 aliphatic carbocycles. The fraction of sp³-hybridized carbons (Fsp3) is 0.442. The van der Waals surface area contributed by atoms with Gasteiger partial charge in [0.25, 0.3) is 15.7 Å². The van der Waals surface area contributed by atoms with Gasteiger partial charge in [-0.3, -0.25) is 14.4 Å². The summed E-state index contributed by atoms with van der Waals surface area (Å²) in [5, 5.41) is 7.44. The Morgan fingerprint density at radius 3 is 2.02 bits per heavy atom. The molecule has 0 saturated heterocycles. The topological polar surface area (TPSA) is 120 Å². The van der Waals surface area contributed by atoms with Crippen LogP contribution in [0, 0.1) is 0 Å². The highest BCUT2D eigenvalue weighted by Gasteiger charge is 2.16. The van der Waals surface area contributed by atoms with Crippen molar-refractivity contribution >= 4 is 54.8 Å². The van der Waals surface area contributed by atoms with Crippen LogP contribution in [0.3, 0.4) is 0 Å². The van der Waals surface area contributed by atoms with Crippen molar-refractivity contribution in [3.8, 4) is 16.3 Å². The molecule has 0 aliphatic rings. The highest BCUT2D eigenvalue weighted by Crippen LogP contribution is 2.32. The molecule has 5 aromatic rings. The van der Waals surface area contributed by atoms with E-state index in [0.717, 1.165) is 47.6 Å². The molecule has 3 N–H and O–H groups in total. The van der Waals surface area contributed by atoms with E-state index in [2.05, 4.69) is 59.3 Å². The summed E-state index contributed by atoms with van der Waals surface area (Å²) in [7, 11) is -4.32. The number of thiazole rings is 1. The first kappa shape index (κ1) is 41.0. The molecule has 0 unspecified atom stereocenters. The van der Waals surface area contributed by atoms with Gasteiger partial charge in [-0.15, -0.1) is 11.3 Å². The molecule has 0 atom stereocenters. The number of H-pyrrole nitrogens is 1. The van der Waals surface area contributed by atoms with Gasteiger partial charge >= 0.3 is 0 Å². The second-order valence-corrected chi connectivity index (χ2v) is 16.4. The highest BCUT2D eigenvalue weighted by molar-refractivity contribution is 7.85. The van der Waals surface area contributed by atoms with Crippen LogP contribution < -0.4 is 15.8 Å². The molecule has 0 radical (unpaired) electrons. The monoisotopic (exact) mass is 771 g/mol. The van der Waals surface area contributed by atoms with E-state index in [1.807, 2.05) is 42.5 Å². The van der Waals surface area contributed by atoms with Gasteiger partial charge in [0.15, 0.2) is 0 Å². The molecule has 5 rings (SSSR count). The largest absolute Gasteiger partial charge is 0.372 e. The minimum Gasteiger partial charge on any atom is -0.372 e. The molecule has 0 spiro atoms. The van der Waals surface area contributed by atoms with Gasteiger partial charge in [-0.05, 0) is 99.5 Å². The maximum Gasteiger partial charge on any atom is 0.295 e. The molecule has 0 bridgehead atoms. The van der Waals surface area contributed by atoms with Gasteiger partial charge in [-0.1, -0.05) is 90.0 Å². The van der Waals surface area contributed by atoms with Crippen LogP contribution in [0.5, 0.6) is 0 Å². The van der Waals surface area contributed by atoms with Crippen LogP contribution in [0.15, 0.2) is 82.5 Å². The van der Waals surface area contributed by atoms with Crippen LogP contribution >= 0.6 is 11.3 Å². The van der Waals surface area contributed by atoms with Crippen molar-refractivity contribution in [2.75, 3.05) is 23.3 Å². The van der Waals surface area contributed by atoms with Crippen LogP contribution in [-0.4, -0.2) is 40.8 Å². The van der Waals surface area contributed by atoms with Crippen LogP contribution in [0.2, 0.25) is 0 Å². The molecule has 0 fully saturated rings. The predicted molar refractivity (Wildman–Crippen MR) is 227 cm³/mol. The summed E-state index contributed by atoms with van der Waals surface area (Å²) >= 11 is 1.43. The van der Waals surface area contributed by atoms with E-state index in [-0.39, 0.29) is 10.5 Å². The fourth-order valence-corrected chi connectivity index (χ4v) is 8.24. The number of unbranched alkanes of at least 4 members (excludes halogenated alkanes) is 13. The van der Waals surface area contributed by atoms with Crippen LogP contribution in [0.4, 0.5) is 17.1 Å². The Hall–Kier alpha value is -4.19. The van der Waals surface area contributed by atoms with Gasteiger partial charge < -0.3 is 10.2 Å². The maximum atomic E-state index is 14.0. The van der Waals surface area contributed by atoms with E-state index in [1.54, 1.807) is 10.7 Å². The molecular formula is C43H57N5O4S2. The molecule has 2 heterocycles. The maximum absolute atomic E-state index is 14.0. The lowest BCUT2D eigenvalue weighted by Crippen LogP contribution is -2.21. The third kappa shape index (κ3) is 11.4. The van der Waals surface area contributed by atoms with E-state index in [1.165, 1.54) is 101 Å². The fourth-order valence-electron chi connectivity index (χ4n) is 6.79. The summed E-state index contributed by atoms with van der Waals surface area (Å²) in [5.74, 6) is 0. The molecule has 11 heteroatoms. The summed E-state index contributed by atoms with van der Waals surface area (Å²) in [6.07, 6.45) is 22.4. The second-order valence-electron chi connectivity index (χ2n) is 14.0. The number of anilines is 3. The van der Waals surface area contributed by atoms with Crippen molar-refractivity contribution < 1.29 is 13.0 Å². The van der Waals surface area contributed by atoms with Crippen LogP contribution in [0.25, 0.3) is 32.6 Å². The molecule has 2 aromatic heterocycles. The summed E-state index contributed by atoms with van der Waals surface area (Å²) in [4.78, 5) is 20.7. The molecular weight excluding hydrogens is 715 g/mol. The number of fused-ring (bicyclic) bond motifs is 1. The zero-order chi connectivity index (χ0) is 38.3. The second kappa shape index (κ2) is 20.5. The number of aromatic nitrogens is 3. The first-order valence-electron chi connectivity index (χ1n) is 19.8.